The van der Waals surface area contributed by atoms with Crippen LogP contribution in [0.3, 0.4) is 0 Å². The summed E-state index contributed by atoms with van der Waals surface area (Å²) in [4.78, 5) is 28.7. The first-order valence-electron chi connectivity index (χ1n) is 4.40. The fourth-order valence-corrected chi connectivity index (χ4v) is 1.41. The van der Waals surface area contributed by atoms with E-state index >= 15 is 0 Å². The van der Waals surface area contributed by atoms with Gasteiger partial charge in [-0.05, 0) is 23.8 Å². The van der Waals surface area contributed by atoms with Crippen LogP contribution in [0.5, 0.6) is 0 Å². The van der Waals surface area contributed by atoms with Crippen molar-refractivity contribution in [1.82, 2.24) is 9.97 Å². The fraction of sp³-hybridized carbons (Fsp3) is 0. The summed E-state index contributed by atoms with van der Waals surface area (Å²) in [7, 11) is 0. The molecule has 0 amide bonds. The molecule has 0 atom stereocenters. The van der Waals surface area contributed by atoms with Crippen LogP contribution < -0.4 is 5.56 Å². The molecule has 0 aliphatic carbocycles. The minimum Gasteiger partial charge on any atom is -0.329 e. The largest absolute Gasteiger partial charge is 0.329 e. The van der Waals surface area contributed by atoms with Gasteiger partial charge >= 0.3 is 0 Å². The molecule has 74 valence electrons. The van der Waals surface area contributed by atoms with E-state index in [1.807, 2.05) is 0 Å². The zero-order valence-corrected chi connectivity index (χ0v) is 7.81. The Bertz CT molecular complexity index is 532. The second kappa shape index (κ2) is 3.88. The maximum absolute atomic E-state index is 11.6. The van der Waals surface area contributed by atoms with E-state index in [0.717, 1.165) is 0 Å². The van der Waals surface area contributed by atoms with Crippen LogP contribution in [0, 0.1) is 0 Å². The standard InChI is InChI=1S/C11H8N2O2/c14-7-9-3-6-13-11(15)10(9)8-1-4-12-5-2-8/h1-7H,(H,13,15). The van der Waals surface area contributed by atoms with Crippen molar-refractivity contribution in [1.29, 1.82) is 0 Å². The molecule has 15 heavy (non-hydrogen) atoms. The highest BCUT2D eigenvalue weighted by molar-refractivity contribution is 5.86. The second-order valence-electron chi connectivity index (χ2n) is 2.99. The minimum absolute atomic E-state index is 0.272. The quantitative estimate of drug-likeness (QED) is 0.742. The molecule has 2 heterocycles. The van der Waals surface area contributed by atoms with E-state index in [2.05, 4.69) is 9.97 Å². The molecule has 0 fully saturated rings. The Hall–Kier alpha value is -2.23. The van der Waals surface area contributed by atoms with Crippen LogP contribution in [0.25, 0.3) is 11.1 Å². The van der Waals surface area contributed by atoms with Gasteiger partial charge in [-0.3, -0.25) is 14.6 Å². The van der Waals surface area contributed by atoms with Crippen molar-refractivity contribution < 1.29 is 4.79 Å². The molecule has 4 heteroatoms. The molecular formula is C11H8N2O2. The van der Waals surface area contributed by atoms with Gasteiger partial charge in [-0.15, -0.1) is 0 Å². The summed E-state index contributed by atoms with van der Waals surface area (Å²) in [6, 6.07) is 4.96. The molecule has 4 nitrogen and oxygen atoms in total. The number of nitrogens with one attached hydrogen (secondary N) is 1. The molecule has 2 aromatic rings. The number of H-pyrrole nitrogens is 1. The number of aldehydes is 1. The number of hydrogen-bond donors (Lipinski definition) is 1. The number of carbonyl (C=O) groups excluding carboxylic acids is 1. The van der Waals surface area contributed by atoms with Gasteiger partial charge in [0.2, 0.25) is 0 Å². The van der Waals surface area contributed by atoms with Crippen molar-refractivity contribution in [3.8, 4) is 11.1 Å². The van der Waals surface area contributed by atoms with Crippen LogP contribution in [0.1, 0.15) is 10.4 Å². The van der Waals surface area contributed by atoms with Gasteiger partial charge in [-0.25, -0.2) is 0 Å². The smallest absolute Gasteiger partial charge is 0.256 e. The average molecular weight is 200 g/mol. The molecule has 0 bridgehead atoms. The second-order valence-corrected chi connectivity index (χ2v) is 2.99. The number of aromatic nitrogens is 2. The Morgan fingerprint density at radius 2 is 1.93 bits per heavy atom. The highest BCUT2D eigenvalue weighted by Crippen LogP contribution is 2.16. The molecule has 1 N–H and O–H groups in total. The Kier molecular flexibility index (Phi) is 2.41. The van der Waals surface area contributed by atoms with Crippen molar-refractivity contribution >= 4 is 6.29 Å². The van der Waals surface area contributed by atoms with Gasteiger partial charge in [0, 0.05) is 24.2 Å². The minimum atomic E-state index is -0.272. The van der Waals surface area contributed by atoms with Gasteiger partial charge in [-0.1, -0.05) is 0 Å². The van der Waals surface area contributed by atoms with Crippen LogP contribution in [0.2, 0.25) is 0 Å². The Morgan fingerprint density at radius 3 is 2.60 bits per heavy atom. The molecule has 0 spiro atoms. The van der Waals surface area contributed by atoms with E-state index < -0.39 is 0 Å². The van der Waals surface area contributed by atoms with Crippen molar-refractivity contribution in [2.24, 2.45) is 0 Å². The summed E-state index contributed by atoms with van der Waals surface area (Å²) in [6.07, 6.45) is 5.29. The van der Waals surface area contributed by atoms with Crippen LogP contribution in [0.15, 0.2) is 41.6 Å². The number of rotatable bonds is 2. The van der Waals surface area contributed by atoms with Gasteiger partial charge in [0.25, 0.3) is 5.56 Å². The molecule has 0 radical (unpaired) electrons. The summed E-state index contributed by atoms with van der Waals surface area (Å²) < 4.78 is 0. The summed E-state index contributed by atoms with van der Waals surface area (Å²) in [6.45, 7) is 0. The van der Waals surface area contributed by atoms with E-state index in [0.29, 0.717) is 23.0 Å². The van der Waals surface area contributed by atoms with Crippen molar-refractivity contribution in [2.75, 3.05) is 0 Å². The Balaban J connectivity index is 2.72. The number of hydrogen-bond acceptors (Lipinski definition) is 3. The third-order valence-corrected chi connectivity index (χ3v) is 2.09. The highest BCUT2D eigenvalue weighted by atomic mass is 16.1. The van der Waals surface area contributed by atoms with Crippen LogP contribution in [-0.2, 0) is 0 Å². The summed E-state index contributed by atoms with van der Waals surface area (Å²) in [5.41, 5.74) is 1.18. The van der Waals surface area contributed by atoms with E-state index in [9.17, 15) is 9.59 Å². The maximum atomic E-state index is 11.6. The van der Waals surface area contributed by atoms with Crippen LogP contribution in [0.4, 0.5) is 0 Å². The third-order valence-electron chi connectivity index (χ3n) is 2.09. The first kappa shape index (κ1) is 9.33. The molecule has 0 aromatic carbocycles. The molecule has 2 rings (SSSR count). The SMILES string of the molecule is O=Cc1cc[nH]c(=O)c1-c1ccncc1. The van der Waals surface area contributed by atoms with Crippen LogP contribution >= 0.6 is 0 Å². The van der Waals surface area contributed by atoms with Gasteiger partial charge in [0.05, 0.1) is 5.56 Å². The molecule has 2 aromatic heterocycles. The molecule has 0 aliphatic heterocycles. The number of aromatic amines is 1. The number of nitrogens with zero attached hydrogens (tertiary/aromatic N) is 1. The third kappa shape index (κ3) is 1.69. The van der Waals surface area contributed by atoms with E-state index in [1.165, 1.54) is 6.20 Å². The fourth-order valence-electron chi connectivity index (χ4n) is 1.41. The number of carbonyl (C=O) groups is 1. The van der Waals surface area contributed by atoms with Gasteiger partial charge in [-0.2, -0.15) is 0 Å². The highest BCUT2D eigenvalue weighted by Gasteiger charge is 2.07. The lowest BCUT2D eigenvalue weighted by molar-refractivity contribution is 0.112. The predicted molar refractivity (Wildman–Crippen MR) is 55.7 cm³/mol. The first-order valence-corrected chi connectivity index (χ1v) is 4.40. The number of pyridine rings is 2. The topological polar surface area (TPSA) is 62.8 Å². The lowest BCUT2D eigenvalue weighted by atomic mass is 10.0. The molecule has 0 saturated heterocycles. The zero-order valence-electron chi connectivity index (χ0n) is 7.81. The maximum Gasteiger partial charge on any atom is 0.256 e. The van der Waals surface area contributed by atoms with Crippen molar-refractivity contribution in [3.63, 3.8) is 0 Å². The van der Waals surface area contributed by atoms with Gasteiger partial charge < -0.3 is 4.98 Å². The monoisotopic (exact) mass is 200 g/mol. The van der Waals surface area contributed by atoms with Gasteiger partial charge in [0.15, 0.2) is 6.29 Å². The average Bonchev–Trinajstić information content (AvgIpc) is 2.29. The lowest BCUT2D eigenvalue weighted by Crippen LogP contribution is -2.10. The summed E-state index contributed by atoms with van der Waals surface area (Å²) >= 11 is 0. The van der Waals surface area contributed by atoms with Crippen LogP contribution in [-0.4, -0.2) is 16.3 Å². The molecule has 0 saturated carbocycles. The van der Waals surface area contributed by atoms with E-state index in [1.54, 1.807) is 30.6 Å². The Morgan fingerprint density at radius 1 is 1.20 bits per heavy atom. The zero-order chi connectivity index (χ0) is 10.7. The van der Waals surface area contributed by atoms with Crippen molar-refractivity contribution in [2.45, 2.75) is 0 Å². The normalized spacial score (nSPS) is 9.87. The lowest BCUT2D eigenvalue weighted by Gasteiger charge is -2.01. The summed E-state index contributed by atoms with van der Waals surface area (Å²) in [5, 5.41) is 0. The van der Waals surface area contributed by atoms with Gasteiger partial charge in [0.1, 0.15) is 0 Å². The predicted octanol–water partition coefficient (Wildman–Crippen LogP) is 1.25. The van der Waals surface area contributed by atoms with E-state index in [-0.39, 0.29) is 5.56 Å². The molecular weight excluding hydrogens is 192 g/mol. The molecule has 0 aliphatic rings. The van der Waals surface area contributed by atoms with Crippen molar-refractivity contribution in [3.05, 3.63) is 52.7 Å². The molecule has 0 unspecified atom stereocenters. The van der Waals surface area contributed by atoms with E-state index in [4.69, 9.17) is 0 Å². The first-order chi connectivity index (χ1) is 7.33. The summed E-state index contributed by atoms with van der Waals surface area (Å²) in [5.74, 6) is 0. The Labute approximate surface area is 85.6 Å².